The van der Waals surface area contributed by atoms with Crippen molar-refractivity contribution in [2.45, 2.75) is 6.42 Å². The number of benzene rings is 1. The maximum atomic E-state index is 11.7. The molecule has 20 heavy (non-hydrogen) atoms. The van der Waals surface area contributed by atoms with E-state index in [9.17, 15) is 4.79 Å². The zero-order valence-corrected chi connectivity index (χ0v) is 12.2. The number of hydrogen-bond acceptors (Lipinski definition) is 3. The summed E-state index contributed by atoms with van der Waals surface area (Å²) in [5.41, 5.74) is 1.76. The molecule has 1 amide bonds. The third kappa shape index (κ3) is 4.49. The smallest absolute Gasteiger partial charge is 0.248 e. The second-order valence-electron chi connectivity index (χ2n) is 4.13. The van der Waals surface area contributed by atoms with Crippen molar-refractivity contribution < 1.29 is 9.90 Å². The molecule has 0 saturated carbocycles. The van der Waals surface area contributed by atoms with Crippen molar-refractivity contribution in [3.05, 3.63) is 57.3 Å². The molecule has 1 aromatic carbocycles. The molecule has 2 rings (SSSR count). The number of amides is 1. The van der Waals surface area contributed by atoms with Crippen LogP contribution in [-0.2, 0) is 11.2 Å². The van der Waals surface area contributed by atoms with Crippen LogP contribution in [0.25, 0.3) is 6.08 Å². The first kappa shape index (κ1) is 14.8. The average Bonchev–Trinajstić information content (AvgIpc) is 2.85. The van der Waals surface area contributed by atoms with Crippen molar-refractivity contribution in [3.8, 4) is 0 Å². The van der Waals surface area contributed by atoms with Crippen molar-refractivity contribution in [2.24, 2.45) is 0 Å². The van der Waals surface area contributed by atoms with E-state index in [4.69, 9.17) is 16.7 Å². The molecular weight excluding hydrogens is 294 g/mol. The number of aliphatic hydroxyl groups is 1. The van der Waals surface area contributed by atoms with Gasteiger partial charge in [0.15, 0.2) is 0 Å². The third-order valence-electron chi connectivity index (χ3n) is 2.61. The van der Waals surface area contributed by atoms with Gasteiger partial charge in [-0.1, -0.05) is 23.7 Å². The van der Waals surface area contributed by atoms with Gasteiger partial charge in [0.1, 0.15) is 0 Å². The predicted octanol–water partition coefficient (Wildman–Crippen LogP) is 3.59. The van der Waals surface area contributed by atoms with Crippen LogP contribution in [0, 0.1) is 0 Å². The van der Waals surface area contributed by atoms with Crippen LogP contribution in [0.15, 0.2) is 42.5 Å². The van der Waals surface area contributed by atoms with Gasteiger partial charge in [0.2, 0.25) is 5.91 Å². The monoisotopic (exact) mass is 307 g/mol. The summed E-state index contributed by atoms with van der Waals surface area (Å²) in [6.45, 7) is 0.123. The summed E-state index contributed by atoms with van der Waals surface area (Å²) in [4.78, 5) is 12.7. The molecule has 0 saturated heterocycles. The standard InChI is InChI=1S/C15H14ClNO2S/c16-14-7-5-13(20-14)6-8-15(19)17-12-3-1-11(2-4-12)9-10-18/h1-8,18H,9-10H2,(H,17,19). The zero-order chi connectivity index (χ0) is 14.4. The first-order valence-corrected chi connectivity index (χ1v) is 7.31. The molecule has 2 aromatic rings. The van der Waals surface area contributed by atoms with Gasteiger partial charge in [0.25, 0.3) is 0 Å². The Bertz CT molecular complexity index is 605. The summed E-state index contributed by atoms with van der Waals surface area (Å²) in [5.74, 6) is -0.190. The minimum atomic E-state index is -0.190. The van der Waals surface area contributed by atoms with Crippen LogP contribution in [0.2, 0.25) is 4.34 Å². The van der Waals surface area contributed by atoms with Gasteiger partial charge in [0, 0.05) is 23.2 Å². The Hall–Kier alpha value is -1.62. The van der Waals surface area contributed by atoms with E-state index in [0.29, 0.717) is 10.8 Å². The molecule has 0 aliphatic heterocycles. The maximum Gasteiger partial charge on any atom is 0.248 e. The van der Waals surface area contributed by atoms with Gasteiger partial charge in [0.05, 0.1) is 4.34 Å². The highest BCUT2D eigenvalue weighted by Crippen LogP contribution is 2.22. The first-order chi connectivity index (χ1) is 9.67. The van der Waals surface area contributed by atoms with E-state index >= 15 is 0 Å². The third-order valence-corrected chi connectivity index (χ3v) is 3.81. The van der Waals surface area contributed by atoms with E-state index in [2.05, 4.69) is 5.32 Å². The van der Waals surface area contributed by atoms with E-state index in [1.165, 1.54) is 17.4 Å². The lowest BCUT2D eigenvalue weighted by molar-refractivity contribution is -0.111. The predicted molar refractivity (Wildman–Crippen MR) is 84.2 cm³/mol. The number of aliphatic hydroxyl groups excluding tert-OH is 1. The average molecular weight is 308 g/mol. The quantitative estimate of drug-likeness (QED) is 0.829. The molecule has 1 heterocycles. The minimum absolute atomic E-state index is 0.123. The van der Waals surface area contributed by atoms with Gasteiger partial charge in [-0.25, -0.2) is 0 Å². The molecule has 1 aromatic heterocycles. The minimum Gasteiger partial charge on any atom is -0.396 e. The molecule has 104 valence electrons. The van der Waals surface area contributed by atoms with Crippen molar-refractivity contribution in [2.75, 3.05) is 11.9 Å². The fraction of sp³-hybridized carbons (Fsp3) is 0.133. The number of hydrogen-bond donors (Lipinski definition) is 2. The number of rotatable bonds is 5. The lowest BCUT2D eigenvalue weighted by atomic mass is 10.1. The molecule has 3 nitrogen and oxygen atoms in total. The Morgan fingerprint density at radius 1 is 1.25 bits per heavy atom. The Morgan fingerprint density at radius 3 is 2.60 bits per heavy atom. The van der Waals surface area contributed by atoms with Crippen molar-refractivity contribution in [1.29, 1.82) is 0 Å². The highest BCUT2D eigenvalue weighted by atomic mass is 35.5. The summed E-state index contributed by atoms with van der Waals surface area (Å²) >= 11 is 7.23. The maximum absolute atomic E-state index is 11.7. The summed E-state index contributed by atoms with van der Waals surface area (Å²) in [6, 6.07) is 11.1. The number of carbonyl (C=O) groups is 1. The number of anilines is 1. The van der Waals surface area contributed by atoms with Crippen LogP contribution < -0.4 is 5.32 Å². The topological polar surface area (TPSA) is 49.3 Å². The second kappa shape index (κ2) is 7.24. The molecule has 0 bridgehead atoms. The highest BCUT2D eigenvalue weighted by Gasteiger charge is 1.99. The molecule has 2 N–H and O–H groups in total. The summed E-state index contributed by atoms with van der Waals surface area (Å²) in [5, 5.41) is 11.6. The number of carbonyl (C=O) groups excluding carboxylic acids is 1. The summed E-state index contributed by atoms with van der Waals surface area (Å²) < 4.78 is 0.699. The second-order valence-corrected chi connectivity index (χ2v) is 5.88. The van der Waals surface area contributed by atoms with Crippen LogP contribution in [-0.4, -0.2) is 17.6 Å². The van der Waals surface area contributed by atoms with Crippen molar-refractivity contribution in [3.63, 3.8) is 0 Å². The van der Waals surface area contributed by atoms with Crippen molar-refractivity contribution in [1.82, 2.24) is 0 Å². The Labute approximate surface area is 126 Å². The molecule has 0 fully saturated rings. The van der Waals surface area contributed by atoms with Gasteiger partial charge < -0.3 is 10.4 Å². The molecule has 0 unspecified atom stereocenters. The van der Waals surface area contributed by atoms with Gasteiger partial charge >= 0.3 is 0 Å². The molecule has 0 aliphatic rings. The molecule has 0 aliphatic carbocycles. The number of nitrogens with one attached hydrogen (secondary N) is 1. The lowest BCUT2D eigenvalue weighted by Crippen LogP contribution is -2.07. The highest BCUT2D eigenvalue weighted by molar-refractivity contribution is 7.17. The van der Waals surface area contributed by atoms with Gasteiger partial charge in [-0.05, 0) is 42.3 Å². The van der Waals surface area contributed by atoms with E-state index in [-0.39, 0.29) is 12.5 Å². The largest absolute Gasteiger partial charge is 0.396 e. The molecule has 0 radical (unpaired) electrons. The van der Waals surface area contributed by atoms with Gasteiger partial charge in [-0.15, -0.1) is 11.3 Å². The van der Waals surface area contributed by atoms with Gasteiger partial charge in [-0.3, -0.25) is 4.79 Å². The molecular formula is C15H14ClNO2S. The lowest BCUT2D eigenvalue weighted by Gasteiger charge is -2.03. The van der Waals surface area contributed by atoms with E-state index in [1.807, 2.05) is 30.3 Å². The number of halogens is 1. The molecule has 0 spiro atoms. The fourth-order valence-electron chi connectivity index (χ4n) is 1.64. The first-order valence-electron chi connectivity index (χ1n) is 6.11. The Balaban J connectivity index is 1.92. The summed E-state index contributed by atoms with van der Waals surface area (Å²) in [7, 11) is 0. The Morgan fingerprint density at radius 2 is 2.00 bits per heavy atom. The van der Waals surface area contributed by atoms with E-state index in [1.54, 1.807) is 12.1 Å². The SMILES string of the molecule is O=C(C=Cc1ccc(Cl)s1)Nc1ccc(CCO)cc1. The van der Waals surface area contributed by atoms with Crippen LogP contribution in [0.1, 0.15) is 10.4 Å². The van der Waals surface area contributed by atoms with Crippen LogP contribution in [0.3, 0.4) is 0 Å². The fourth-order valence-corrected chi connectivity index (χ4v) is 2.61. The number of thiophene rings is 1. The normalized spacial score (nSPS) is 10.9. The van der Waals surface area contributed by atoms with Crippen LogP contribution >= 0.6 is 22.9 Å². The van der Waals surface area contributed by atoms with E-state index in [0.717, 1.165) is 16.1 Å². The van der Waals surface area contributed by atoms with Crippen molar-refractivity contribution >= 4 is 40.6 Å². The zero-order valence-electron chi connectivity index (χ0n) is 10.7. The van der Waals surface area contributed by atoms with Gasteiger partial charge in [-0.2, -0.15) is 0 Å². The molecule has 5 heteroatoms. The van der Waals surface area contributed by atoms with E-state index < -0.39 is 0 Å². The van der Waals surface area contributed by atoms with Crippen LogP contribution in [0.4, 0.5) is 5.69 Å². The Kier molecular flexibility index (Phi) is 5.35. The van der Waals surface area contributed by atoms with Crippen LogP contribution in [0.5, 0.6) is 0 Å². The molecule has 0 atom stereocenters. The summed E-state index contributed by atoms with van der Waals surface area (Å²) in [6.07, 6.45) is 3.82.